The highest BCUT2D eigenvalue weighted by atomic mass is 35.5. The number of benzene rings is 1. The van der Waals surface area contributed by atoms with Crippen molar-refractivity contribution in [2.24, 2.45) is 9.98 Å². The first-order valence-corrected chi connectivity index (χ1v) is 9.23. The molecule has 0 radical (unpaired) electrons. The SMILES string of the molecule is C[C@@H]1CN=C2C=C(N3CCN(C(=O)Nc4ccc(Cl)cc4F)CC3)N=CN21. The molecule has 9 heteroatoms. The molecule has 142 valence electrons. The summed E-state index contributed by atoms with van der Waals surface area (Å²) in [6.45, 7) is 5.26. The monoisotopic (exact) mass is 390 g/mol. The first kappa shape index (κ1) is 17.8. The van der Waals surface area contributed by atoms with Crippen LogP contribution in [0.25, 0.3) is 0 Å². The van der Waals surface area contributed by atoms with E-state index in [4.69, 9.17) is 11.6 Å². The molecule has 27 heavy (non-hydrogen) atoms. The second-order valence-corrected chi connectivity index (χ2v) is 7.17. The zero-order valence-corrected chi connectivity index (χ0v) is 15.7. The molecule has 1 fully saturated rings. The number of amidine groups is 1. The Labute approximate surface area is 161 Å². The number of carbonyl (C=O) groups excluding carboxylic acids is 1. The molecular weight excluding hydrogens is 371 g/mol. The van der Waals surface area contributed by atoms with Crippen LogP contribution in [0.4, 0.5) is 14.9 Å². The predicted octanol–water partition coefficient (Wildman–Crippen LogP) is 2.61. The molecule has 1 aromatic carbocycles. The minimum absolute atomic E-state index is 0.125. The number of piperazine rings is 1. The van der Waals surface area contributed by atoms with E-state index in [0.29, 0.717) is 37.2 Å². The van der Waals surface area contributed by atoms with Gasteiger partial charge in [-0.15, -0.1) is 0 Å². The Morgan fingerprint density at radius 1 is 1.30 bits per heavy atom. The van der Waals surface area contributed by atoms with E-state index in [1.54, 1.807) is 11.0 Å². The summed E-state index contributed by atoms with van der Waals surface area (Å²) in [5.41, 5.74) is 0.125. The third-order valence-corrected chi connectivity index (χ3v) is 5.13. The molecule has 1 N–H and O–H groups in total. The molecule has 2 amide bonds. The summed E-state index contributed by atoms with van der Waals surface area (Å²) in [4.78, 5) is 27.3. The molecule has 3 heterocycles. The summed E-state index contributed by atoms with van der Waals surface area (Å²) in [6, 6.07) is 4.20. The molecule has 0 saturated carbocycles. The van der Waals surface area contributed by atoms with Crippen molar-refractivity contribution in [2.45, 2.75) is 13.0 Å². The van der Waals surface area contributed by atoms with E-state index in [0.717, 1.165) is 18.2 Å². The Bertz CT molecular complexity index is 846. The number of nitrogens with zero attached hydrogens (tertiary/aromatic N) is 5. The normalized spacial score (nSPS) is 21.7. The number of hydrogen-bond acceptors (Lipinski definition) is 5. The fraction of sp³-hybridized carbons (Fsp3) is 0.389. The average Bonchev–Trinajstić information content (AvgIpc) is 3.04. The zero-order chi connectivity index (χ0) is 19.0. The van der Waals surface area contributed by atoms with Gasteiger partial charge in [0, 0.05) is 37.3 Å². The molecule has 7 nitrogen and oxygen atoms in total. The highest BCUT2D eigenvalue weighted by Gasteiger charge is 2.28. The smallest absolute Gasteiger partial charge is 0.322 e. The third kappa shape index (κ3) is 3.62. The highest BCUT2D eigenvalue weighted by Crippen LogP contribution is 2.21. The molecular formula is C18H20ClFN6O. The minimum Gasteiger partial charge on any atom is -0.353 e. The molecule has 0 aromatic heterocycles. The lowest BCUT2D eigenvalue weighted by Crippen LogP contribution is -2.50. The fourth-order valence-corrected chi connectivity index (χ4v) is 3.44. The first-order chi connectivity index (χ1) is 13.0. The molecule has 0 aliphatic carbocycles. The van der Waals surface area contributed by atoms with Gasteiger partial charge in [0.2, 0.25) is 0 Å². The van der Waals surface area contributed by atoms with E-state index in [9.17, 15) is 9.18 Å². The molecule has 1 saturated heterocycles. The lowest BCUT2D eigenvalue weighted by atomic mass is 10.2. The van der Waals surface area contributed by atoms with E-state index in [1.165, 1.54) is 12.1 Å². The average molecular weight is 391 g/mol. The van der Waals surface area contributed by atoms with Crippen molar-refractivity contribution in [2.75, 3.05) is 38.0 Å². The number of hydrogen-bond donors (Lipinski definition) is 1. The summed E-state index contributed by atoms with van der Waals surface area (Å²) in [7, 11) is 0. The van der Waals surface area contributed by atoms with Crippen LogP contribution in [0, 0.1) is 5.82 Å². The summed E-state index contributed by atoms with van der Waals surface area (Å²) in [5.74, 6) is 1.25. The van der Waals surface area contributed by atoms with Crippen LogP contribution in [0.1, 0.15) is 6.92 Å². The van der Waals surface area contributed by atoms with Gasteiger partial charge in [0.15, 0.2) is 0 Å². The predicted molar refractivity (Wildman–Crippen MR) is 104 cm³/mol. The Morgan fingerprint density at radius 2 is 2.07 bits per heavy atom. The van der Waals surface area contributed by atoms with Gasteiger partial charge in [-0.1, -0.05) is 11.6 Å². The van der Waals surface area contributed by atoms with Crippen LogP contribution in [0.3, 0.4) is 0 Å². The van der Waals surface area contributed by atoms with Crippen LogP contribution in [-0.4, -0.2) is 71.7 Å². The van der Waals surface area contributed by atoms with Crippen molar-refractivity contribution in [1.29, 1.82) is 0 Å². The van der Waals surface area contributed by atoms with E-state index in [-0.39, 0.29) is 11.7 Å². The molecule has 1 atom stereocenters. The first-order valence-electron chi connectivity index (χ1n) is 8.86. The van der Waals surface area contributed by atoms with Gasteiger partial charge in [-0.3, -0.25) is 4.99 Å². The standard InChI is InChI=1S/C18H20ClFN6O/c1-12-10-21-17-9-16(22-11-26(12)17)24-4-6-25(7-5-24)18(27)23-15-3-2-13(19)8-14(15)20/h2-3,8-9,11-12H,4-7,10H2,1H3,(H,23,27)/t12-/m1/s1. The van der Waals surface area contributed by atoms with Crippen molar-refractivity contribution in [3.63, 3.8) is 0 Å². The van der Waals surface area contributed by atoms with Gasteiger partial charge in [-0.05, 0) is 25.1 Å². The summed E-state index contributed by atoms with van der Waals surface area (Å²) in [6.07, 6.45) is 3.82. The maximum absolute atomic E-state index is 13.9. The van der Waals surface area contributed by atoms with Crippen LogP contribution >= 0.6 is 11.6 Å². The Morgan fingerprint density at radius 3 is 2.81 bits per heavy atom. The summed E-state index contributed by atoms with van der Waals surface area (Å²) >= 11 is 5.74. The van der Waals surface area contributed by atoms with Gasteiger partial charge < -0.3 is 20.0 Å². The van der Waals surface area contributed by atoms with E-state index in [1.807, 2.05) is 12.4 Å². The second kappa shape index (κ2) is 7.19. The number of amides is 2. The fourth-order valence-electron chi connectivity index (χ4n) is 3.28. The van der Waals surface area contributed by atoms with E-state index >= 15 is 0 Å². The largest absolute Gasteiger partial charge is 0.353 e. The number of rotatable bonds is 2. The molecule has 0 unspecified atom stereocenters. The number of fused-ring (bicyclic) bond motifs is 1. The second-order valence-electron chi connectivity index (χ2n) is 6.73. The Balaban J connectivity index is 1.34. The molecule has 3 aliphatic heterocycles. The number of carbonyl (C=O) groups is 1. The van der Waals surface area contributed by atoms with Crippen molar-refractivity contribution >= 4 is 35.5 Å². The van der Waals surface area contributed by atoms with Crippen LogP contribution < -0.4 is 5.32 Å². The van der Waals surface area contributed by atoms with Crippen LogP contribution in [0.2, 0.25) is 5.02 Å². The Kier molecular flexibility index (Phi) is 4.73. The maximum Gasteiger partial charge on any atom is 0.322 e. The molecule has 1 aromatic rings. The zero-order valence-electron chi connectivity index (χ0n) is 14.9. The van der Waals surface area contributed by atoms with Gasteiger partial charge in [0.25, 0.3) is 0 Å². The topological polar surface area (TPSA) is 63.5 Å². The van der Waals surface area contributed by atoms with E-state index < -0.39 is 5.82 Å². The van der Waals surface area contributed by atoms with Crippen molar-refractivity contribution in [3.8, 4) is 0 Å². The van der Waals surface area contributed by atoms with Gasteiger partial charge >= 0.3 is 6.03 Å². The number of urea groups is 1. The molecule has 4 rings (SSSR count). The van der Waals surface area contributed by atoms with Gasteiger partial charge in [0.05, 0.1) is 24.6 Å². The van der Waals surface area contributed by atoms with Crippen LogP contribution in [0.15, 0.2) is 40.1 Å². The molecule has 0 spiro atoms. The minimum atomic E-state index is -0.549. The summed E-state index contributed by atoms with van der Waals surface area (Å²) < 4.78 is 13.9. The molecule has 0 bridgehead atoms. The number of anilines is 1. The Hall–Kier alpha value is -2.61. The van der Waals surface area contributed by atoms with Crippen LogP contribution in [0.5, 0.6) is 0 Å². The quantitative estimate of drug-likeness (QED) is 0.844. The summed E-state index contributed by atoms with van der Waals surface area (Å²) in [5, 5.41) is 2.89. The number of halogens is 2. The lowest BCUT2D eigenvalue weighted by Gasteiger charge is -2.37. The van der Waals surface area contributed by atoms with Gasteiger partial charge in [0.1, 0.15) is 17.5 Å². The van der Waals surface area contributed by atoms with Gasteiger partial charge in [-0.2, -0.15) is 0 Å². The highest BCUT2D eigenvalue weighted by molar-refractivity contribution is 6.30. The number of aliphatic imine (C=N–C) groups is 2. The molecule has 3 aliphatic rings. The maximum atomic E-state index is 13.9. The van der Waals surface area contributed by atoms with Gasteiger partial charge in [-0.25, -0.2) is 14.2 Å². The van der Waals surface area contributed by atoms with Crippen molar-refractivity contribution < 1.29 is 9.18 Å². The van der Waals surface area contributed by atoms with Crippen LogP contribution in [-0.2, 0) is 0 Å². The third-order valence-electron chi connectivity index (χ3n) is 4.89. The lowest BCUT2D eigenvalue weighted by molar-refractivity contribution is 0.166. The van der Waals surface area contributed by atoms with E-state index in [2.05, 4.69) is 32.0 Å². The van der Waals surface area contributed by atoms with Crippen molar-refractivity contribution in [1.82, 2.24) is 14.7 Å². The van der Waals surface area contributed by atoms with Crippen molar-refractivity contribution in [3.05, 3.63) is 40.9 Å². The number of nitrogens with one attached hydrogen (secondary N) is 1.